The highest BCUT2D eigenvalue weighted by Crippen LogP contribution is 2.28. The normalized spacial score (nSPS) is 17.8. The molecule has 1 aromatic rings. The Bertz CT molecular complexity index is 495. The molecule has 1 aliphatic rings. The van der Waals surface area contributed by atoms with Gasteiger partial charge in [-0.25, -0.2) is 9.59 Å². The molecule has 0 spiro atoms. The van der Waals surface area contributed by atoms with Crippen molar-refractivity contribution in [1.82, 2.24) is 5.32 Å². The van der Waals surface area contributed by atoms with Gasteiger partial charge in [-0.3, -0.25) is 5.32 Å². The third-order valence-corrected chi connectivity index (χ3v) is 3.81. The van der Waals surface area contributed by atoms with E-state index in [1.165, 1.54) is 11.3 Å². The SMILES string of the molecule is CCOC(=O)c1cc(C)sc1NC(=O)NC1CCOC1. The lowest BCUT2D eigenvalue weighted by Gasteiger charge is -2.11. The molecule has 20 heavy (non-hydrogen) atoms. The van der Waals surface area contributed by atoms with Crippen LogP contribution in [0.3, 0.4) is 0 Å². The van der Waals surface area contributed by atoms with Gasteiger partial charge in [-0.1, -0.05) is 0 Å². The highest BCUT2D eigenvalue weighted by molar-refractivity contribution is 7.16. The van der Waals surface area contributed by atoms with Crippen LogP contribution in [0.4, 0.5) is 9.80 Å². The van der Waals surface area contributed by atoms with Crippen LogP contribution in [0, 0.1) is 6.92 Å². The monoisotopic (exact) mass is 298 g/mol. The quantitative estimate of drug-likeness (QED) is 0.835. The largest absolute Gasteiger partial charge is 0.462 e. The maximum atomic E-state index is 11.9. The molecule has 0 aromatic carbocycles. The molecule has 0 bridgehead atoms. The molecule has 7 heteroatoms. The Morgan fingerprint density at radius 2 is 2.35 bits per heavy atom. The predicted octanol–water partition coefficient (Wildman–Crippen LogP) is 2.14. The molecule has 2 N–H and O–H groups in total. The van der Waals surface area contributed by atoms with Gasteiger partial charge in [0.05, 0.1) is 24.8 Å². The molecule has 1 unspecified atom stereocenters. The summed E-state index contributed by atoms with van der Waals surface area (Å²) < 4.78 is 10.2. The molecule has 0 aliphatic carbocycles. The molecule has 0 radical (unpaired) electrons. The first kappa shape index (κ1) is 14.8. The second kappa shape index (κ2) is 6.71. The van der Waals surface area contributed by atoms with Crippen LogP contribution in [0.25, 0.3) is 0 Å². The number of urea groups is 1. The van der Waals surface area contributed by atoms with E-state index in [0.717, 1.165) is 11.3 Å². The number of anilines is 1. The van der Waals surface area contributed by atoms with E-state index in [0.29, 0.717) is 30.4 Å². The molecule has 1 fully saturated rings. The Labute approximate surface area is 121 Å². The summed E-state index contributed by atoms with van der Waals surface area (Å²) in [4.78, 5) is 24.6. The van der Waals surface area contributed by atoms with E-state index >= 15 is 0 Å². The summed E-state index contributed by atoms with van der Waals surface area (Å²) in [7, 11) is 0. The molecule has 2 heterocycles. The van der Waals surface area contributed by atoms with Crippen molar-refractivity contribution in [2.45, 2.75) is 26.3 Å². The average Bonchev–Trinajstić information content (AvgIpc) is 2.99. The Balaban J connectivity index is 2.00. The number of nitrogens with one attached hydrogen (secondary N) is 2. The van der Waals surface area contributed by atoms with Crippen LogP contribution in [0.2, 0.25) is 0 Å². The van der Waals surface area contributed by atoms with E-state index in [9.17, 15) is 9.59 Å². The Hall–Kier alpha value is -1.60. The van der Waals surface area contributed by atoms with Gasteiger partial charge in [0.25, 0.3) is 0 Å². The summed E-state index contributed by atoms with van der Waals surface area (Å²) in [6.07, 6.45) is 0.807. The second-order valence-corrected chi connectivity index (χ2v) is 5.74. The summed E-state index contributed by atoms with van der Waals surface area (Å²) in [5.41, 5.74) is 0.396. The predicted molar refractivity (Wildman–Crippen MR) is 76.4 cm³/mol. The number of carbonyl (C=O) groups is 2. The number of rotatable bonds is 4. The number of carbonyl (C=O) groups excluding carboxylic acids is 2. The van der Waals surface area contributed by atoms with Gasteiger partial charge in [0, 0.05) is 11.5 Å². The molecule has 6 nitrogen and oxygen atoms in total. The molecule has 1 aromatic heterocycles. The van der Waals surface area contributed by atoms with Crippen LogP contribution < -0.4 is 10.6 Å². The minimum Gasteiger partial charge on any atom is -0.462 e. The van der Waals surface area contributed by atoms with Crippen molar-refractivity contribution in [3.05, 3.63) is 16.5 Å². The van der Waals surface area contributed by atoms with Gasteiger partial charge in [0.2, 0.25) is 0 Å². The van der Waals surface area contributed by atoms with E-state index in [-0.39, 0.29) is 12.1 Å². The maximum absolute atomic E-state index is 11.9. The van der Waals surface area contributed by atoms with Gasteiger partial charge in [-0.15, -0.1) is 11.3 Å². The molecular weight excluding hydrogens is 280 g/mol. The number of ether oxygens (including phenoxy) is 2. The first-order valence-corrected chi connectivity index (χ1v) is 7.34. The summed E-state index contributed by atoms with van der Waals surface area (Å²) in [5, 5.41) is 6.04. The van der Waals surface area contributed by atoms with Gasteiger partial charge in [0.1, 0.15) is 5.00 Å². The molecule has 1 aliphatic heterocycles. The number of amides is 2. The lowest BCUT2D eigenvalue weighted by Crippen LogP contribution is -2.38. The van der Waals surface area contributed by atoms with Crippen LogP contribution in [-0.4, -0.2) is 37.9 Å². The Morgan fingerprint density at radius 3 is 3.00 bits per heavy atom. The van der Waals surface area contributed by atoms with Gasteiger partial charge >= 0.3 is 12.0 Å². The number of hydrogen-bond acceptors (Lipinski definition) is 5. The zero-order valence-electron chi connectivity index (χ0n) is 11.5. The Morgan fingerprint density at radius 1 is 1.55 bits per heavy atom. The van der Waals surface area contributed by atoms with Crippen molar-refractivity contribution >= 4 is 28.3 Å². The van der Waals surface area contributed by atoms with Crippen molar-refractivity contribution in [3.8, 4) is 0 Å². The summed E-state index contributed by atoms with van der Waals surface area (Å²) in [6.45, 7) is 5.12. The zero-order valence-corrected chi connectivity index (χ0v) is 12.3. The van der Waals surface area contributed by atoms with Gasteiger partial charge in [0.15, 0.2) is 0 Å². The maximum Gasteiger partial charge on any atom is 0.341 e. The molecule has 1 atom stereocenters. The molecule has 0 saturated carbocycles. The topological polar surface area (TPSA) is 76.7 Å². The fourth-order valence-electron chi connectivity index (χ4n) is 1.94. The summed E-state index contributed by atoms with van der Waals surface area (Å²) in [6, 6.07) is 1.42. The fraction of sp³-hybridized carbons (Fsp3) is 0.538. The van der Waals surface area contributed by atoms with Crippen molar-refractivity contribution in [2.24, 2.45) is 0 Å². The minimum atomic E-state index is -0.420. The third-order valence-electron chi connectivity index (χ3n) is 2.84. The number of hydrogen-bond donors (Lipinski definition) is 2. The molecule has 2 amide bonds. The van der Waals surface area contributed by atoms with Crippen molar-refractivity contribution < 1.29 is 19.1 Å². The van der Waals surface area contributed by atoms with Crippen LogP contribution in [0.15, 0.2) is 6.07 Å². The minimum absolute atomic E-state index is 0.0297. The number of thiophene rings is 1. The summed E-state index contributed by atoms with van der Waals surface area (Å²) >= 11 is 1.35. The van der Waals surface area contributed by atoms with Crippen molar-refractivity contribution in [1.29, 1.82) is 0 Å². The van der Waals surface area contributed by atoms with E-state index in [1.54, 1.807) is 13.0 Å². The average molecular weight is 298 g/mol. The van der Waals surface area contributed by atoms with Crippen molar-refractivity contribution in [3.63, 3.8) is 0 Å². The van der Waals surface area contributed by atoms with Gasteiger partial charge in [-0.2, -0.15) is 0 Å². The van der Waals surface area contributed by atoms with E-state index in [1.807, 2.05) is 6.92 Å². The standard InChI is InChI=1S/C13H18N2O4S/c1-3-19-12(16)10-6-8(2)20-11(10)15-13(17)14-9-4-5-18-7-9/h6,9H,3-5,7H2,1-2H3,(H2,14,15,17). The zero-order chi connectivity index (χ0) is 14.5. The fourth-order valence-corrected chi connectivity index (χ4v) is 2.84. The van der Waals surface area contributed by atoms with E-state index in [2.05, 4.69) is 10.6 Å². The lowest BCUT2D eigenvalue weighted by atomic mass is 10.3. The smallest absolute Gasteiger partial charge is 0.341 e. The Kier molecular flexibility index (Phi) is 4.97. The third kappa shape index (κ3) is 3.71. The first-order valence-electron chi connectivity index (χ1n) is 6.53. The summed E-state index contributed by atoms with van der Waals surface area (Å²) in [5.74, 6) is -0.420. The van der Waals surface area contributed by atoms with Crippen molar-refractivity contribution in [2.75, 3.05) is 25.1 Å². The molecule has 2 rings (SSSR count). The number of esters is 1. The van der Waals surface area contributed by atoms with Gasteiger partial charge < -0.3 is 14.8 Å². The van der Waals surface area contributed by atoms with E-state index in [4.69, 9.17) is 9.47 Å². The highest BCUT2D eigenvalue weighted by atomic mass is 32.1. The van der Waals surface area contributed by atoms with Crippen LogP contribution in [-0.2, 0) is 9.47 Å². The molecular formula is C13H18N2O4S. The lowest BCUT2D eigenvalue weighted by molar-refractivity contribution is 0.0528. The second-order valence-electron chi connectivity index (χ2n) is 4.48. The van der Waals surface area contributed by atoms with Crippen LogP contribution in [0.1, 0.15) is 28.6 Å². The van der Waals surface area contributed by atoms with Gasteiger partial charge in [-0.05, 0) is 26.3 Å². The van der Waals surface area contributed by atoms with E-state index < -0.39 is 5.97 Å². The first-order chi connectivity index (χ1) is 9.60. The van der Waals surface area contributed by atoms with Crippen LogP contribution >= 0.6 is 11.3 Å². The molecule has 1 saturated heterocycles. The highest BCUT2D eigenvalue weighted by Gasteiger charge is 2.21. The van der Waals surface area contributed by atoms with Crippen LogP contribution in [0.5, 0.6) is 0 Å². The number of aryl methyl sites for hydroxylation is 1. The molecule has 110 valence electrons.